The summed E-state index contributed by atoms with van der Waals surface area (Å²) in [4.78, 5) is 25.7. The summed E-state index contributed by atoms with van der Waals surface area (Å²) in [5.41, 5.74) is 4.57. The van der Waals surface area contributed by atoms with Crippen molar-refractivity contribution in [1.82, 2.24) is 0 Å². The van der Waals surface area contributed by atoms with Crippen LogP contribution in [0.2, 0.25) is 0 Å². The molecule has 1 heterocycles. The van der Waals surface area contributed by atoms with E-state index in [1.54, 1.807) is 6.26 Å². The van der Waals surface area contributed by atoms with Crippen LogP contribution < -0.4 is 19.6 Å². The molecular formula is C54H70O7. The highest BCUT2D eigenvalue weighted by Crippen LogP contribution is 2.26. The summed E-state index contributed by atoms with van der Waals surface area (Å²) < 4.78 is 29.3. The second kappa shape index (κ2) is 27.0. The first-order valence-corrected chi connectivity index (χ1v) is 23.4. The maximum absolute atomic E-state index is 13.4. The van der Waals surface area contributed by atoms with Crippen LogP contribution in [-0.2, 0) is 4.74 Å². The molecule has 0 amide bonds. The lowest BCUT2D eigenvalue weighted by Crippen LogP contribution is -2.11. The van der Waals surface area contributed by atoms with Gasteiger partial charge in [0, 0.05) is 6.07 Å². The maximum Gasteiger partial charge on any atom is 0.338 e. The first-order chi connectivity index (χ1) is 29.9. The van der Waals surface area contributed by atoms with Crippen molar-refractivity contribution in [1.29, 1.82) is 0 Å². The fraction of sp³-hybridized carbons (Fsp3) is 0.481. The lowest BCUT2D eigenvalue weighted by molar-refractivity contribution is 0.0447. The zero-order chi connectivity index (χ0) is 42.9. The Balaban J connectivity index is 0.879. The smallest absolute Gasteiger partial charge is 0.338 e. The normalized spacial score (nSPS) is 11.7. The standard InChI is InChI=1S/C54H70O7/c1-4-6-7-8-9-13-16-19-37-58-48-32-28-45(29-33-48)51-41-60-52-39-49(34-35-50(52)53(51)55)59-38-21-18-15-12-10-11-14-17-20-36-57-47-30-26-44(27-31-47)43-22-24-46(25-23-43)54(56)61-40-42(3)5-2/h22-35,39,41-42H,4-21,36-38,40H2,1-3H3/t42-/m0/s1. The van der Waals surface area contributed by atoms with Crippen molar-refractivity contribution >= 4 is 16.9 Å². The number of hydrogen-bond donors (Lipinski definition) is 0. The summed E-state index contributed by atoms with van der Waals surface area (Å²) >= 11 is 0. The van der Waals surface area contributed by atoms with E-state index < -0.39 is 0 Å². The lowest BCUT2D eigenvalue weighted by Gasteiger charge is -2.10. The third-order valence-electron chi connectivity index (χ3n) is 11.5. The van der Waals surface area contributed by atoms with Gasteiger partial charge in [0.05, 0.1) is 42.9 Å². The molecule has 0 spiro atoms. The molecule has 0 aliphatic heterocycles. The first-order valence-electron chi connectivity index (χ1n) is 23.4. The summed E-state index contributed by atoms with van der Waals surface area (Å²) in [6, 6.07) is 29.0. The highest BCUT2D eigenvalue weighted by atomic mass is 16.5. The van der Waals surface area contributed by atoms with Gasteiger partial charge in [-0.3, -0.25) is 4.79 Å². The molecule has 0 aliphatic carbocycles. The third-order valence-corrected chi connectivity index (χ3v) is 11.5. The van der Waals surface area contributed by atoms with E-state index in [9.17, 15) is 9.59 Å². The Morgan fingerprint density at radius 2 is 0.984 bits per heavy atom. The van der Waals surface area contributed by atoms with Crippen molar-refractivity contribution in [3.63, 3.8) is 0 Å². The monoisotopic (exact) mass is 831 g/mol. The summed E-state index contributed by atoms with van der Waals surface area (Å²) in [5.74, 6) is 2.53. The largest absolute Gasteiger partial charge is 0.494 e. The second-order valence-corrected chi connectivity index (χ2v) is 16.6. The highest BCUT2D eigenvalue weighted by molar-refractivity contribution is 5.90. The number of carbonyl (C=O) groups is 1. The van der Waals surface area contributed by atoms with Gasteiger partial charge in [0.25, 0.3) is 0 Å². The van der Waals surface area contributed by atoms with E-state index in [-0.39, 0.29) is 11.4 Å². The van der Waals surface area contributed by atoms with Gasteiger partial charge in [-0.1, -0.05) is 153 Å². The van der Waals surface area contributed by atoms with Crippen LogP contribution in [0.25, 0.3) is 33.2 Å². The van der Waals surface area contributed by atoms with Gasteiger partial charge in [0.1, 0.15) is 29.1 Å². The predicted molar refractivity (Wildman–Crippen MR) is 250 cm³/mol. The van der Waals surface area contributed by atoms with Crippen LogP contribution in [-0.4, -0.2) is 32.4 Å². The molecule has 1 aromatic heterocycles. The Hall–Kier alpha value is -5.04. The second-order valence-electron chi connectivity index (χ2n) is 16.6. The maximum atomic E-state index is 13.4. The van der Waals surface area contributed by atoms with Gasteiger partial charge in [-0.25, -0.2) is 4.79 Å². The number of rotatable bonds is 30. The molecule has 0 aliphatic rings. The number of esters is 1. The van der Waals surface area contributed by atoms with Gasteiger partial charge in [-0.2, -0.15) is 0 Å². The number of ether oxygens (including phenoxy) is 4. The number of fused-ring (bicyclic) bond motifs is 1. The van der Waals surface area contributed by atoms with Gasteiger partial charge < -0.3 is 23.4 Å². The molecule has 328 valence electrons. The van der Waals surface area contributed by atoms with Crippen LogP contribution in [0.5, 0.6) is 17.2 Å². The fourth-order valence-corrected chi connectivity index (χ4v) is 7.34. The summed E-state index contributed by atoms with van der Waals surface area (Å²) in [6.45, 7) is 8.97. The molecule has 4 aromatic carbocycles. The zero-order valence-corrected chi connectivity index (χ0v) is 37.2. The van der Waals surface area contributed by atoms with Gasteiger partial charge >= 0.3 is 5.97 Å². The summed E-state index contributed by atoms with van der Waals surface area (Å²) in [7, 11) is 0. The van der Waals surface area contributed by atoms with Crippen LogP contribution in [0.4, 0.5) is 0 Å². The lowest BCUT2D eigenvalue weighted by atomic mass is 10.0. The minimum Gasteiger partial charge on any atom is -0.494 e. The Labute approximate surface area is 365 Å². The topological polar surface area (TPSA) is 84.2 Å². The minimum absolute atomic E-state index is 0.0468. The van der Waals surface area contributed by atoms with Crippen LogP contribution in [0, 0.1) is 5.92 Å². The van der Waals surface area contributed by atoms with Crippen LogP contribution >= 0.6 is 0 Å². The molecule has 0 saturated heterocycles. The zero-order valence-electron chi connectivity index (χ0n) is 37.2. The molecule has 0 saturated carbocycles. The minimum atomic E-state index is -0.269. The fourth-order valence-electron chi connectivity index (χ4n) is 7.34. The van der Waals surface area contributed by atoms with Gasteiger partial charge in [0.15, 0.2) is 5.43 Å². The molecule has 5 rings (SSSR count). The molecule has 61 heavy (non-hydrogen) atoms. The number of hydrogen-bond acceptors (Lipinski definition) is 7. The van der Waals surface area contributed by atoms with Crippen LogP contribution in [0.15, 0.2) is 106 Å². The number of unbranched alkanes of at least 4 members (excludes halogenated alkanes) is 15. The molecule has 5 aromatic rings. The van der Waals surface area contributed by atoms with Gasteiger partial charge in [-0.05, 0) is 90.4 Å². The molecule has 7 nitrogen and oxygen atoms in total. The van der Waals surface area contributed by atoms with Crippen molar-refractivity contribution in [3.05, 3.63) is 113 Å². The third kappa shape index (κ3) is 16.4. The molecule has 1 atom stereocenters. The van der Waals surface area contributed by atoms with Crippen molar-refractivity contribution in [2.75, 3.05) is 26.4 Å². The molecule has 0 fully saturated rings. The Bertz CT molecular complexity index is 2030. The summed E-state index contributed by atoms with van der Waals surface area (Å²) in [6.07, 6.45) is 23.3. The molecule has 0 radical (unpaired) electrons. The van der Waals surface area contributed by atoms with Crippen molar-refractivity contribution in [2.45, 2.75) is 136 Å². The Morgan fingerprint density at radius 1 is 0.541 bits per heavy atom. The number of benzene rings is 4. The van der Waals surface area contributed by atoms with Gasteiger partial charge in [-0.15, -0.1) is 0 Å². The molecule has 0 unspecified atom stereocenters. The Kier molecular flexibility index (Phi) is 20.8. The summed E-state index contributed by atoms with van der Waals surface area (Å²) in [5, 5.41) is 0.552. The molecule has 7 heteroatoms. The van der Waals surface area contributed by atoms with Crippen LogP contribution in [0.1, 0.15) is 147 Å². The SMILES string of the molecule is CCCCCCCCCCOc1ccc(-c2coc3cc(OCCCCCCCCCCCOc4ccc(-c5ccc(C(=O)OC[C@@H](C)CC)cc5)cc4)ccc3c2=O)cc1. The molecule has 0 N–H and O–H groups in total. The molecular weight excluding hydrogens is 761 g/mol. The van der Waals surface area contributed by atoms with E-state index in [0.717, 1.165) is 79.3 Å². The van der Waals surface area contributed by atoms with E-state index in [1.807, 2.05) is 78.9 Å². The van der Waals surface area contributed by atoms with E-state index in [2.05, 4.69) is 32.9 Å². The quantitative estimate of drug-likeness (QED) is 0.0336. The van der Waals surface area contributed by atoms with E-state index >= 15 is 0 Å². The molecule has 0 bridgehead atoms. The van der Waals surface area contributed by atoms with Crippen molar-refractivity contribution in [3.8, 4) is 39.5 Å². The van der Waals surface area contributed by atoms with Gasteiger partial charge in [0.2, 0.25) is 0 Å². The predicted octanol–water partition coefficient (Wildman–Crippen LogP) is 14.8. The van der Waals surface area contributed by atoms with E-state index in [0.29, 0.717) is 41.2 Å². The average molecular weight is 831 g/mol. The van der Waals surface area contributed by atoms with E-state index in [1.165, 1.54) is 83.5 Å². The highest BCUT2D eigenvalue weighted by Gasteiger charge is 2.12. The van der Waals surface area contributed by atoms with E-state index in [4.69, 9.17) is 23.4 Å². The Morgan fingerprint density at radius 3 is 1.49 bits per heavy atom. The van der Waals surface area contributed by atoms with Crippen molar-refractivity contribution in [2.24, 2.45) is 5.92 Å². The first kappa shape index (κ1) is 47.0. The van der Waals surface area contributed by atoms with Crippen LogP contribution in [0.3, 0.4) is 0 Å². The van der Waals surface area contributed by atoms with Crippen molar-refractivity contribution < 1.29 is 28.2 Å². The average Bonchev–Trinajstić information content (AvgIpc) is 3.29. The number of carbonyl (C=O) groups excluding carboxylic acids is 1.